The molecule has 8 heteroatoms. The van der Waals surface area contributed by atoms with Gasteiger partial charge in [0, 0.05) is 50.7 Å². The highest BCUT2D eigenvalue weighted by Gasteiger charge is 2.23. The quantitative estimate of drug-likeness (QED) is 0.771. The third-order valence-electron chi connectivity index (χ3n) is 4.85. The van der Waals surface area contributed by atoms with Crippen molar-refractivity contribution in [2.75, 3.05) is 57.7 Å². The van der Waals surface area contributed by atoms with Crippen LogP contribution in [0.3, 0.4) is 0 Å². The number of nitrogens with zero attached hydrogens (tertiary/aromatic N) is 4. The third-order valence-corrected chi connectivity index (χ3v) is 4.85. The van der Waals surface area contributed by atoms with Crippen LogP contribution in [0.5, 0.6) is 0 Å². The lowest BCUT2D eigenvalue weighted by Crippen LogP contribution is -2.51. The van der Waals surface area contributed by atoms with E-state index in [1.165, 1.54) is 0 Å². The molecule has 1 fully saturated rings. The number of nitrogens with one attached hydrogen (secondary N) is 1. The Hall–Kier alpha value is -1.93. The topological polar surface area (TPSA) is 81.9 Å². The molecule has 2 amide bonds. The summed E-state index contributed by atoms with van der Waals surface area (Å²) in [6, 6.07) is 1.77. The first-order chi connectivity index (χ1) is 12.7. The smallest absolute Gasteiger partial charge is 0.240 e. The molecule has 1 saturated heterocycles. The summed E-state index contributed by atoms with van der Waals surface area (Å²) in [7, 11) is 0. The van der Waals surface area contributed by atoms with Crippen LogP contribution >= 0.6 is 0 Å². The Morgan fingerprint density at radius 1 is 1.11 bits per heavy atom. The van der Waals surface area contributed by atoms with Gasteiger partial charge in [0.15, 0.2) is 0 Å². The molecule has 0 aromatic carbocycles. The minimum atomic E-state index is -0.120. The van der Waals surface area contributed by atoms with E-state index in [1.54, 1.807) is 6.07 Å². The zero-order chi connectivity index (χ0) is 20.0. The van der Waals surface area contributed by atoms with E-state index >= 15 is 0 Å². The summed E-state index contributed by atoms with van der Waals surface area (Å²) in [5, 5.41) is 6.78. The minimum absolute atomic E-state index is 0.112. The van der Waals surface area contributed by atoms with Crippen molar-refractivity contribution in [3.63, 3.8) is 0 Å². The van der Waals surface area contributed by atoms with Crippen LogP contribution < -0.4 is 5.32 Å². The fourth-order valence-electron chi connectivity index (χ4n) is 3.04. The van der Waals surface area contributed by atoms with E-state index in [0.717, 1.165) is 45.0 Å². The van der Waals surface area contributed by atoms with Gasteiger partial charge in [-0.25, -0.2) is 0 Å². The molecule has 1 aliphatic rings. The Balaban J connectivity index is 1.74. The van der Waals surface area contributed by atoms with E-state index in [9.17, 15) is 9.59 Å². The van der Waals surface area contributed by atoms with Crippen molar-refractivity contribution in [2.24, 2.45) is 0 Å². The van der Waals surface area contributed by atoms with E-state index in [4.69, 9.17) is 4.52 Å². The summed E-state index contributed by atoms with van der Waals surface area (Å²) in [5.74, 6) is 0.443. The Labute approximate surface area is 161 Å². The van der Waals surface area contributed by atoms with E-state index in [1.807, 2.05) is 39.5 Å². The molecule has 0 saturated carbocycles. The fraction of sp³-hybridized carbons (Fsp3) is 0.737. The zero-order valence-corrected chi connectivity index (χ0v) is 17.2. The predicted octanol–water partition coefficient (Wildman–Crippen LogP) is 1.40. The molecule has 152 valence electrons. The second-order valence-electron chi connectivity index (χ2n) is 7.99. The lowest BCUT2D eigenvalue weighted by atomic mass is 9.92. The highest BCUT2D eigenvalue weighted by molar-refractivity contribution is 5.91. The first-order valence-electron chi connectivity index (χ1n) is 9.72. The maximum Gasteiger partial charge on any atom is 0.240 e. The maximum atomic E-state index is 12.3. The average Bonchev–Trinajstić information content (AvgIpc) is 3.06. The molecule has 0 atom stereocenters. The second-order valence-corrected chi connectivity index (χ2v) is 7.99. The second kappa shape index (κ2) is 9.32. The van der Waals surface area contributed by atoms with E-state index in [2.05, 4.69) is 20.3 Å². The summed E-state index contributed by atoms with van der Waals surface area (Å²) in [4.78, 5) is 30.5. The number of piperazine rings is 1. The molecule has 8 nitrogen and oxygen atoms in total. The fourth-order valence-corrected chi connectivity index (χ4v) is 3.04. The van der Waals surface area contributed by atoms with Crippen molar-refractivity contribution in [1.29, 1.82) is 0 Å². The summed E-state index contributed by atoms with van der Waals surface area (Å²) >= 11 is 0. The number of carbonyl (C=O) groups is 2. The number of rotatable bonds is 7. The van der Waals surface area contributed by atoms with Crippen molar-refractivity contribution < 1.29 is 14.1 Å². The zero-order valence-electron chi connectivity index (χ0n) is 17.2. The molecular weight excluding hydrogens is 346 g/mol. The first kappa shape index (κ1) is 21.4. The number of aromatic nitrogens is 1. The molecule has 0 aliphatic carbocycles. The van der Waals surface area contributed by atoms with Crippen molar-refractivity contribution >= 4 is 17.7 Å². The Kier molecular flexibility index (Phi) is 7.38. The maximum absolute atomic E-state index is 12.3. The highest BCUT2D eigenvalue weighted by atomic mass is 16.5. The van der Waals surface area contributed by atoms with Crippen molar-refractivity contribution in [3.8, 4) is 0 Å². The van der Waals surface area contributed by atoms with E-state index in [-0.39, 0.29) is 17.2 Å². The van der Waals surface area contributed by atoms with Gasteiger partial charge < -0.3 is 9.42 Å². The van der Waals surface area contributed by atoms with Crippen LogP contribution in [0.1, 0.15) is 40.3 Å². The van der Waals surface area contributed by atoms with E-state index < -0.39 is 0 Å². The van der Waals surface area contributed by atoms with Gasteiger partial charge in [0.25, 0.3) is 0 Å². The first-order valence-corrected chi connectivity index (χ1v) is 9.72. The van der Waals surface area contributed by atoms with Gasteiger partial charge in [-0.1, -0.05) is 25.9 Å². The molecule has 27 heavy (non-hydrogen) atoms. The van der Waals surface area contributed by atoms with Gasteiger partial charge in [-0.15, -0.1) is 0 Å². The standard InChI is InChI=1S/C19H33N5O3/c1-6-24(7-2)18(26)14-23-10-8-22(9-11-23)13-16(25)20-17-12-15(21-27-17)19(3,4)5/h12H,6-11,13-14H2,1-5H3,(H,20,25). The highest BCUT2D eigenvalue weighted by Crippen LogP contribution is 2.23. The lowest BCUT2D eigenvalue weighted by Gasteiger charge is -2.34. The van der Waals surface area contributed by atoms with Gasteiger partial charge in [0.1, 0.15) is 0 Å². The van der Waals surface area contributed by atoms with Crippen LogP contribution in [0.2, 0.25) is 0 Å². The summed E-state index contributed by atoms with van der Waals surface area (Å²) < 4.78 is 5.20. The molecule has 0 radical (unpaired) electrons. The SMILES string of the molecule is CCN(CC)C(=O)CN1CCN(CC(=O)Nc2cc(C(C)(C)C)no2)CC1. The van der Waals surface area contributed by atoms with Gasteiger partial charge in [0.05, 0.1) is 18.8 Å². The molecular formula is C19H33N5O3. The van der Waals surface area contributed by atoms with Gasteiger partial charge >= 0.3 is 0 Å². The van der Waals surface area contributed by atoms with Crippen LogP contribution in [0.25, 0.3) is 0 Å². The predicted molar refractivity (Wildman–Crippen MR) is 105 cm³/mol. The van der Waals surface area contributed by atoms with Crippen LogP contribution in [-0.4, -0.2) is 84.0 Å². The largest absolute Gasteiger partial charge is 0.342 e. The van der Waals surface area contributed by atoms with Gasteiger partial charge in [-0.2, -0.15) is 0 Å². The monoisotopic (exact) mass is 379 g/mol. The Morgan fingerprint density at radius 2 is 1.67 bits per heavy atom. The van der Waals surface area contributed by atoms with Gasteiger partial charge in [0.2, 0.25) is 17.7 Å². The van der Waals surface area contributed by atoms with Gasteiger partial charge in [-0.3, -0.25) is 24.7 Å². The number of carbonyl (C=O) groups excluding carboxylic acids is 2. The number of likely N-dealkylation sites (N-methyl/N-ethyl adjacent to an activating group) is 1. The average molecular weight is 380 g/mol. The van der Waals surface area contributed by atoms with Crippen LogP contribution in [0.4, 0.5) is 5.88 Å². The summed E-state index contributed by atoms with van der Waals surface area (Å²) in [5.41, 5.74) is 0.690. The number of amides is 2. The molecule has 1 aliphatic heterocycles. The van der Waals surface area contributed by atoms with Crippen LogP contribution in [0, 0.1) is 0 Å². The van der Waals surface area contributed by atoms with Crippen molar-refractivity contribution in [1.82, 2.24) is 19.9 Å². The Bertz CT molecular complexity index is 626. The Morgan fingerprint density at radius 3 is 2.15 bits per heavy atom. The molecule has 0 unspecified atom stereocenters. The van der Waals surface area contributed by atoms with Crippen LogP contribution in [-0.2, 0) is 15.0 Å². The molecule has 1 aromatic heterocycles. The summed E-state index contributed by atoms with van der Waals surface area (Å²) in [6.45, 7) is 15.5. The third kappa shape index (κ3) is 6.32. The van der Waals surface area contributed by atoms with Gasteiger partial charge in [-0.05, 0) is 13.8 Å². The van der Waals surface area contributed by atoms with E-state index in [0.29, 0.717) is 19.0 Å². The normalized spacial score (nSPS) is 16.3. The lowest BCUT2D eigenvalue weighted by molar-refractivity contribution is -0.132. The molecule has 2 rings (SSSR count). The summed E-state index contributed by atoms with van der Waals surface area (Å²) in [6.07, 6.45) is 0. The van der Waals surface area contributed by atoms with Crippen molar-refractivity contribution in [2.45, 2.75) is 40.0 Å². The number of anilines is 1. The van der Waals surface area contributed by atoms with Crippen molar-refractivity contribution in [3.05, 3.63) is 11.8 Å². The molecule has 1 aromatic rings. The van der Waals surface area contributed by atoms with Crippen LogP contribution in [0.15, 0.2) is 10.6 Å². The minimum Gasteiger partial charge on any atom is -0.342 e. The number of hydrogen-bond acceptors (Lipinski definition) is 6. The molecule has 1 N–H and O–H groups in total. The molecule has 2 heterocycles. The number of hydrogen-bond donors (Lipinski definition) is 1. The molecule has 0 spiro atoms. The molecule has 0 bridgehead atoms.